The first-order valence-electron chi connectivity index (χ1n) is 10.2. The van der Waals surface area contributed by atoms with Crippen LogP contribution in [0.25, 0.3) is 21.7 Å². The summed E-state index contributed by atoms with van der Waals surface area (Å²) in [5.74, 6) is 0.0653. The largest absolute Gasteiger partial charge is 0.337 e. The Balaban J connectivity index is 2.05. The maximum atomic E-state index is 13.1. The quantitative estimate of drug-likeness (QED) is 0.335. The maximum absolute atomic E-state index is 13.1. The second-order valence-corrected chi connectivity index (χ2v) is 9.16. The summed E-state index contributed by atoms with van der Waals surface area (Å²) in [6.07, 6.45) is 0. The molecule has 0 unspecified atom stereocenters. The topological polar surface area (TPSA) is 55.2 Å². The van der Waals surface area contributed by atoms with E-state index in [0.29, 0.717) is 22.6 Å². The molecule has 1 heterocycles. The van der Waals surface area contributed by atoms with Crippen LogP contribution in [0.3, 0.4) is 0 Å². The number of thioether (sulfide) groups is 1. The van der Waals surface area contributed by atoms with Crippen LogP contribution in [0.1, 0.15) is 41.5 Å². The van der Waals surface area contributed by atoms with E-state index in [4.69, 9.17) is 4.98 Å². The molecule has 0 N–H and O–H groups in total. The Kier molecular flexibility index (Phi) is 6.32. The highest BCUT2D eigenvalue weighted by Crippen LogP contribution is 2.27. The third-order valence-electron chi connectivity index (χ3n) is 5.10. The molecule has 2 aromatic carbocycles. The molecule has 0 fully saturated rings. The van der Waals surface area contributed by atoms with E-state index in [2.05, 4.69) is 0 Å². The Morgan fingerprint density at radius 1 is 1.07 bits per heavy atom. The predicted octanol–water partition coefficient (Wildman–Crippen LogP) is 4.70. The minimum absolute atomic E-state index is 0.0602. The van der Waals surface area contributed by atoms with Crippen LogP contribution >= 0.6 is 11.8 Å². The number of hydrogen-bond acceptors (Lipinski definition) is 4. The molecule has 0 saturated carbocycles. The van der Waals surface area contributed by atoms with Crippen LogP contribution in [0.2, 0.25) is 0 Å². The van der Waals surface area contributed by atoms with Crippen LogP contribution in [0.5, 0.6) is 0 Å². The third-order valence-corrected chi connectivity index (χ3v) is 6.18. The first-order valence-corrected chi connectivity index (χ1v) is 11.0. The summed E-state index contributed by atoms with van der Waals surface area (Å²) in [5.41, 5.74) is 0.611. The van der Waals surface area contributed by atoms with Gasteiger partial charge >= 0.3 is 0 Å². The van der Waals surface area contributed by atoms with Gasteiger partial charge in [-0.25, -0.2) is 4.98 Å². The summed E-state index contributed by atoms with van der Waals surface area (Å²) in [4.78, 5) is 32.9. The fourth-order valence-electron chi connectivity index (χ4n) is 3.78. The molecule has 0 bridgehead atoms. The minimum Gasteiger partial charge on any atom is -0.337 e. The molecule has 29 heavy (non-hydrogen) atoms. The lowest BCUT2D eigenvalue weighted by molar-refractivity contribution is -0.133. The van der Waals surface area contributed by atoms with Crippen LogP contribution < -0.4 is 5.56 Å². The summed E-state index contributed by atoms with van der Waals surface area (Å²) >= 11 is 1.36. The zero-order valence-corrected chi connectivity index (χ0v) is 18.8. The van der Waals surface area contributed by atoms with Crippen molar-refractivity contribution in [1.29, 1.82) is 0 Å². The van der Waals surface area contributed by atoms with Crippen LogP contribution in [0.15, 0.2) is 46.3 Å². The second kappa shape index (κ2) is 8.57. The van der Waals surface area contributed by atoms with Crippen LogP contribution in [0, 0.1) is 0 Å². The molecule has 3 rings (SSSR count). The molecule has 0 aliphatic heterocycles. The molecule has 1 aromatic heterocycles. The van der Waals surface area contributed by atoms with Gasteiger partial charge in [0.25, 0.3) is 5.56 Å². The van der Waals surface area contributed by atoms with Gasteiger partial charge in [0, 0.05) is 18.6 Å². The highest BCUT2D eigenvalue weighted by Gasteiger charge is 2.27. The van der Waals surface area contributed by atoms with Crippen molar-refractivity contribution < 1.29 is 4.79 Å². The molecule has 0 aliphatic rings. The van der Waals surface area contributed by atoms with Crippen molar-refractivity contribution in [2.45, 2.75) is 70.6 Å². The Morgan fingerprint density at radius 2 is 1.66 bits per heavy atom. The van der Waals surface area contributed by atoms with E-state index in [1.807, 2.05) is 82.8 Å². The zero-order chi connectivity index (χ0) is 21.3. The molecular formula is C23H29N3O2S. The van der Waals surface area contributed by atoms with Crippen LogP contribution in [0.4, 0.5) is 0 Å². The van der Waals surface area contributed by atoms with Gasteiger partial charge in [-0.15, -0.1) is 0 Å². The standard InChI is InChI=1S/C23H29N3O2S/c1-7-25-22(28)19-12-17-10-8-9-11-18(17)13-20(19)24-23(25)29-16(6)21(27)26(14(2)3)15(4)5/h8-16H,7H2,1-6H3/t16-/m0/s1. The van der Waals surface area contributed by atoms with Gasteiger partial charge in [-0.05, 0) is 64.4 Å². The Labute approximate surface area is 176 Å². The molecular weight excluding hydrogens is 382 g/mol. The van der Waals surface area contributed by atoms with E-state index in [-0.39, 0.29) is 28.8 Å². The number of carbonyl (C=O) groups is 1. The second-order valence-electron chi connectivity index (χ2n) is 7.85. The maximum Gasteiger partial charge on any atom is 0.262 e. The number of hydrogen-bond donors (Lipinski definition) is 0. The van der Waals surface area contributed by atoms with Gasteiger partial charge in [-0.1, -0.05) is 36.0 Å². The predicted molar refractivity (Wildman–Crippen MR) is 122 cm³/mol. The van der Waals surface area contributed by atoms with Gasteiger partial charge in [-0.3, -0.25) is 14.2 Å². The van der Waals surface area contributed by atoms with Crippen molar-refractivity contribution in [3.05, 3.63) is 46.8 Å². The number of fused-ring (bicyclic) bond motifs is 2. The van der Waals surface area contributed by atoms with Crippen molar-refractivity contribution in [2.24, 2.45) is 0 Å². The van der Waals surface area contributed by atoms with Gasteiger partial charge in [-0.2, -0.15) is 0 Å². The van der Waals surface area contributed by atoms with Crippen molar-refractivity contribution in [3.63, 3.8) is 0 Å². The van der Waals surface area contributed by atoms with E-state index in [0.717, 1.165) is 10.8 Å². The zero-order valence-electron chi connectivity index (χ0n) is 18.0. The highest BCUT2D eigenvalue weighted by atomic mass is 32.2. The summed E-state index contributed by atoms with van der Waals surface area (Å²) in [5, 5.41) is 2.94. The van der Waals surface area contributed by atoms with Gasteiger partial charge in [0.2, 0.25) is 5.91 Å². The molecule has 1 atom stereocenters. The smallest absolute Gasteiger partial charge is 0.262 e. The average molecular weight is 412 g/mol. The number of rotatable bonds is 6. The van der Waals surface area contributed by atoms with E-state index < -0.39 is 0 Å². The molecule has 0 radical (unpaired) electrons. The first-order chi connectivity index (χ1) is 13.7. The summed E-state index contributed by atoms with van der Waals surface area (Å²) in [7, 11) is 0. The average Bonchev–Trinajstić information content (AvgIpc) is 2.66. The number of carbonyl (C=O) groups excluding carboxylic acids is 1. The fourth-order valence-corrected chi connectivity index (χ4v) is 4.81. The van der Waals surface area contributed by atoms with Gasteiger partial charge in [0.15, 0.2) is 5.16 Å². The summed E-state index contributed by atoms with van der Waals surface area (Å²) in [6.45, 7) is 12.4. The molecule has 154 valence electrons. The first kappa shape index (κ1) is 21.4. The lowest BCUT2D eigenvalue weighted by Crippen LogP contribution is -2.45. The molecule has 0 aliphatic carbocycles. The number of amides is 1. The Morgan fingerprint density at radius 3 is 2.21 bits per heavy atom. The van der Waals surface area contributed by atoms with Gasteiger partial charge in [0.1, 0.15) is 0 Å². The van der Waals surface area contributed by atoms with Crippen LogP contribution in [-0.2, 0) is 11.3 Å². The van der Waals surface area contributed by atoms with Crippen LogP contribution in [-0.4, -0.2) is 37.7 Å². The SMILES string of the molecule is CCn1c(S[C@@H](C)C(=O)N(C(C)C)C(C)C)nc2cc3ccccc3cc2c1=O. The Bertz CT molecular complexity index is 1100. The van der Waals surface area contributed by atoms with E-state index in [1.54, 1.807) is 4.57 Å². The lowest BCUT2D eigenvalue weighted by atomic mass is 10.1. The van der Waals surface area contributed by atoms with Gasteiger partial charge in [0.05, 0.1) is 16.2 Å². The number of aromatic nitrogens is 2. The molecule has 0 spiro atoms. The lowest BCUT2D eigenvalue weighted by Gasteiger charge is -2.33. The monoisotopic (exact) mass is 411 g/mol. The third kappa shape index (κ3) is 4.17. The molecule has 0 saturated heterocycles. The van der Waals surface area contributed by atoms with Crippen molar-refractivity contribution in [3.8, 4) is 0 Å². The number of nitrogens with zero attached hydrogens (tertiary/aromatic N) is 3. The van der Waals surface area contributed by atoms with Crippen molar-refractivity contribution >= 4 is 39.3 Å². The summed E-state index contributed by atoms with van der Waals surface area (Å²) in [6, 6.07) is 12.1. The normalized spacial score (nSPS) is 12.8. The fraction of sp³-hybridized carbons (Fsp3) is 0.435. The molecule has 3 aromatic rings. The van der Waals surface area contributed by atoms with Gasteiger partial charge < -0.3 is 4.90 Å². The number of benzene rings is 2. The summed E-state index contributed by atoms with van der Waals surface area (Å²) < 4.78 is 1.67. The highest BCUT2D eigenvalue weighted by molar-refractivity contribution is 8.00. The van der Waals surface area contributed by atoms with E-state index in [9.17, 15) is 9.59 Å². The van der Waals surface area contributed by atoms with E-state index in [1.165, 1.54) is 11.8 Å². The van der Waals surface area contributed by atoms with E-state index >= 15 is 0 Å². The van der Waals surface area contributed by atoms with Crippen molar-refractivity contribution in [2.75, 3.05) is 0 Å². The molecule has 6 heteroatoms. The Hall–Kier alpha value is -2.34. The van der Waals surface area contributed by atoms with Crippen molar-refractivity contribution in [1.82, 2.24) is 14.5 Å². The molecule has 5 nitrogen and oxygen atoms in total. The molecule has 1 amide bonds. The minimum atomic E-state index is -0.331.